The van der Waals surface area contributed by atoms with Crippen molar-refractivity contribution in [2.24, 2.45) is 0 Å². The van der Waals surface area contributed by atoms with Crippen LogP contribution < -0.4 is 15.8 Å². The van der Waals surface area contributed by atoms with Crippen LogP contribution in [-0.2, 0) is 4.79 Å². The maximum Gasteiger partial charge on any atom is 0.286 e. The number of hydrazine groups is 1. The van der Waals surface area contributed by atoms with Gasteiger partial charge in [0, 0.05) is 34.9 Å². The van der Waals surface area contributed by atoms with E-state index in [0.717, 1.165) is 10.9 Å². The Hall–Kier alpha value is -2.61. The highest BCUT2D eigenvalue weighted by Gasteiger charge is 2.22. The molecule has 1 aromatic heterocycles. The number of anilines is 1. The van der Waals surface area contributed by atoms with Crippen LogP contribution in [0.2, 0.25) is 0 Å². The molecule has 2 heterocycles. The van der Waals surface area contributed by atoms with Gasteiger partial charge in [-0.1, -0.05) is 6.07 Å². The fourth-order valence-electron chi connectivity index (χ4n) is 2.49. The first-order chi connectivity index (χ1) is 11.5. The highest BCUT2D eigenvalue weighted by atomic mass is 79.9. The van der Waals surface area contributed by atoms with Crippen molar-refractivity contribution in [3.63, 3.8) is 0 Å². The van der Waals surface area contributed by atoms with Crippen LogP contribution in [-0.4, -0.2) is 29.3 Å². The summed E-state index contributed by atoms with van der Waals surface area (Å²) in [5, 5.41) is 0. The fraction of sp³-hybridized carbons (Fsp3) is 0.188. The molecule has 1 fully saturated rings. The lowest BCUT2D eigenvalue weighted by molar-refractivity contribution is -0.117. The predicted molar refractivity (Wildman–Crippen MR) is 91.5 cm³/mol. The first-order valence-electron chi connectivity index (χ1n) is 7.39. The van der Waals surface area contributed by atoms with Crippen molar-refractivity contribution < 1.29 is 14.4 Å². The lowest BCUT2D eigenvalue weighted by Gasteiger charge is -2.16. The summed E-state index contributed by atoms with van der Waals surface area (Å²) in [6.07, 6.45) is 2.96. The van der Waals surface area contributed by atoms with Gasteiger partial charge < -0.3 is 9.88 Å². The molecule has 0 saturated carbocycles. The Balaban J connectivity index is 1.65. The molecule has 3 rings (SSSR count). The van der Waals surface area contributed by atoms with Crippen LogP contribution >= 0.6 is 15.9 Å². The molecule has 3 N–H and O–H groups in total. The van der Waals surface area contributed by atoms with E-state index in [4.69, 9.17) is 0 Å². The van der Waals surface area contributed by atoms with Crippen LogP contribution in [0.25, 0.3) is 0 Å². The SMILES string of the molecule is O=C(NNC(=O)c1cc(Br)c[nH]1)c1cccc(N2CCCC2=O)c1. The van der Waals surface area contributed by atoms with E-state index in [-0.39, 0.29) is 5.91 Å². The van der Waals surface area contributed by atoms with E-state index >= 15 is 0 Å². The molecule has 0 unspecified atom stereocenters. The highest BCUT2D eigenvalue weighted by Crippen LogP contribution is 2.22. The Bertz CT molecular complexity index is 802. The average Bonchev–Trinajstić information content (AvgIpc) is 3.21. The molecule has 2 aromatic rings. The Morgan fingerprint density at radius 2 is 1.96 bits per heavy atom. The van der Waals surface area contributed by atoms with Crippen LogP contribution in [0.1, 0.15) is 33.7 Å². The molecule has 0 aliphatic carbocycles. The lowest BCUT2D eigenvalue weighted by atomic mass is 10.2. The van der Waals surface area contributed by atoms with Crippen molar-refractivity contribution in [2.45, 2.75) is 12.8 Å². The van der Waals surface area contributed by atoms with Crippen molar-refractivity contribution in [2.75, 3.05) is 11.4 Å². The highest BCUT2D eigenvalue weighted by molar-refractivity contribution is 9.10. The zero-order chi connectivity index (χ0) is 17.1. The van der Waals surface area contributed by atoms with Crippen molar-refractivity contribution in [3.8, 4) is 0 Å². The molecule has 1 aromatic carbocycles. The van der Waals surface area contributed by atoms with E-state index in [1.54, 1.807) is 41.4 Å². The van der Waals surface area contributed by atoms with Gasteiger partial charge in [-0.3, -0.25) is 25.2 Å². The van der Waals surface area contributed by atoms with E-state index < -0.39 is 11.8 Å². The molecule has 0 atom stereocenters. The largest absolute Gasteiger partial charge is 0.356 e. The molecule has 1 saturated heterocycles. The number of nitrogens with one attached hydrogen (secondary N) is 3. The third-order valence-electron chi connectivity index (χ3n) is 3.68. The minimum Gasteiger partial charge on any atom is -0.356 e. The second kappa shape index (κ2) is 6.88. The summed E-state index contributed by atoms with van der Waals surface area (Å²) in [6, 6.07) is 8.35. The van der Waals surface area contributed by atoms with Gasteiger partial charge in [0.1, 0.15) is 5.69 Å². The Morgan fingerprint density at radius 1 is 1.17 bits per heavy atom. The summed E-state index contributed by atoms with van der Waals surface area (Å²) < 4.78 is 0.738. The lowest BCUT2D eigenvalue weighted by Crippen LogP contribution is -2.41. The number of carbonyl (C=O) groups excluding carboxylic acids is 3. The van der Waals surface area contributed by atoms with E-state index in [2.05, 4.69) is 31.8 Å². The van der Waals surface area contributed by atoms with Gasteiger partial charge in [-0.2, -0.15) is 0 Å². The molecule has 124 valence electrons. The maximum atomic E-state index is 12.2. The number of hydrogen-bond acceptors (Lipinski definition) is 3. The monoisotopic (exact) mass is 390 g/mol. The third kappa shape index (κ3) is 3.48. The van der Waals surface area contributed by atoms with Gasteiger partial charge in [-0.15, -0.1) is 0 Å². The van der Waals surface area contributed by atoms with Crippen molar-refractivity contribution in [3.05, 3.63) is 52.3 Å². The quantitative estimate of drug-likeness (QED) is 0.699. The van der Waals surface area contributed by atoms with Crippen molar-refractivity contribution in [1.82, 2.24) is 15.8 Å². The van der Waals surface area contributed by atoms with Gasteiger partial charge >= 0.3 is 0 Å². The molecule has 7 nitrogen and oxygen atoms in total. The van der Waals surface area contributed by atoms with Gasteiger partial charge in [0.05, 0.1) is 0 Å². The minimum absolute atomic E-state index is 0.0539. The molecule has 0 spiro atoms. The van der Waals surface area contributed by atoms with Crippen molar-refractivity contribution in [1.29, 1.82) is 0 Å². The molecule has 1 aliphatic heterocycles. The molecular formula is C16H15BrN4O3. The van der Waals surface area contributed by atoms with Crippen LogP contribution in [0.4, 0.5) is 5.69 Å². The summed E-state index contributed by atoms with van der Waals surface area (Å²) in [7, 11) is 0. The predicted octanol–water partition coefficient (Wildman–Crippen LogP) is 1.98. The van der Waals surface area contributed by atoms with Crippen LogP contribution in [0, 0.1) is 0 Å². The normalized spacial score (nSPS) is 13.9. The van der Waals surface area contributed by atoms with E-state index in [1.807, 2.05) is 0 Å². The number of hydrogen-bond donors (Lipinski definition) is 3. The van der Waals surface area contributed by atoms with Gasteiger partial charge in [-0.05, 0) is 46.6 Å². The number of halogens is 1. The zero-order valence-corrected chi connectivity index (χ0v) is 14.2. The van der Waals surface area contributed by atoms with Crippen LogP contribution in [0.5, 0.6) is 0 Å². The molecule has 24 heavy (non-hydrogen) atoms. The van der Waals surface area contributed by atoms with Gasteiger partial charge in [0.2, 0.25) is 5.91 Å². The van der Waals surface area contributed by atoms with E-state index in [0.29, 0.717) is 29.9 Å². The average molecular weight is 391 g/mol. The Morgan fingerprint density at radius 3 is 2.62 bits per heavy atom. The first kappa shape index (κ1) is 16.3. The van der Waals surface area contributed by atoms with E-state index in [1.165, 1.54) is 0 Å². The topological polar surface area (TPSA) is 94.3 Å². The maximum absolute atomic E-state index is 12.2. The first-order valence-corrected chi connectivity index (χ1v) is 8.19. The number of carbonyl (C=O) groups is 3. The molecule has 1 aliphatic rings. The van der Waals surface area contributed by atoms with Crippen LogP contribution in [0.3, 0.4) is 0 Å². The van der Waals surface area contributed by atoms with Gasteiger partial charge in [-0.25, -0.2) is 0 Å². The summed E-state index contributed by atoms with van der Waals surface area (Å²) in [6.45, 7) is 0.655. The summed E-state index contributed by atoms with van der Waals surface area (Å²) in [5.41, 5.74) is 6.06. The molecular weight excluding hydrogens is 376 g/mol. The van der Waals surface area contributed by atoms with Gasteiger partial charge in [0.15, 0.2) is 0 Å². The summed E-state index contributed by atoms with van der Waals surface area (Å²) in [4.78, 5) is 40.3. The fourth-order valence-corrected chi connectivity index (χ4v) is 2.83. The second-order valence-corrected chi connectivity index (χ2v) is 6.25. The van der Waals surface area contributed by atoms with Crippen molar-refractivity contribution >= 4 is 39.3 Å². The number of nitrogens with zero attached hydrogens (tertiary/aromatic N) is 1. The Labute approximate surface area is 146 Å². The number of amides is 3. The molecule has 0 bridgehead atoms. The smallest absolute Gasteiger partial charge is 0.286 e. The van der Waals surface area contributed by atoms with Gasteiger partial charge in [0.25, 0.3) is 11.8 Å². The zero-order valence-electron chi connectivity index (χ0n) is 12.6. The minimum atomic E-state index is -0.458. The van der Waals surface area contributed by atoms with E-state index in [9.17, 15) is 14.4 Å². The molecule has 0 radical (unpaired) electrons. The molecule has 3 amide bonds. The standard InChI is InChI=1S/C16H15BrN4O3/c17-11-8-13(18-9-11)16(24)20-19-15(23)10-3-1-4-12(7-10)21-6-2-5-14(21)22/h1,3-4,7-9,18H,2,5-6H2,(H,19,23)(H,20,24). The third-order valence-corrected chi connectivity index (χ3v) is 4.13. The number of aromatic nitrogens is 1. The number of aromatic amines is 1. The van der Waals surface area contributed by atoms with Crippen LogP contribution in [0.15, 0.2) is 41.0 Å². The second-order valence-electron chi connectivity index (χ2n) is 5.34. The number of rotatable bonds is 3. The summed E-state index contributed by atoms with van der Waals surface area (Å²) >= 11 is 3.23. The number of H-pyrrole nitrogens is 1. The molecule has 8 heteroatoms. The summed E-state index contributed by atoms with van der Waals surface area (Å²) in [5.74, 6) is -0.861. The number of benzene rings is 1. The Kier molecular flexibility index (Phi) is 4.66.